The molecule has 88 valence electrons. The van der Waals surface area contributed by atoms with Crippen molar-refractivity contribution in [3.63, 3.8) is 0 Å². The molecule has 0 saturated heterocycles. The zero-order valence-corrected chi connectivity index (χ0v) is 8.47. The number of hydrogen-bond acceptors (Lipinski definition) is 3. The second-order valence-electron chi connectivity index (χ2n) is 2.69. The van der Waals surface area contributed by atoms with Gasteiger partial charge in [0.1, 0.15) is 5.15 Å². The summed E-state index contributed by atoms with van der Waals surface area (Å²) in [6.07, 6.45) is -4.56. The van der Waals surface area contributed by atoms with Gasteiger partial charge < -0.3 is 4.74 Å². The zero-order valence-electron chi connectivity index (χ0n) is 7.71. The van der Waals surface area contributed by atoms with Crippen molar-refractivity contribution in [3.05, 3.63) is 23.5 Å². The van der Waals surface area contributed by atoms with Crippen LogP contribution in [0.4, 0.5) is 23.7 Å². The minimum absolute atomic E-state index is 0.191. The molecule has 0 bridgehead atoms. The Morgan fingerprint density at radius 3 is 2.69 bits per heavy atom. The van der Waals surface area contributed by atoms with Crippen molar-refractivity contribution in [2.75, 3.05) is 11.9 Å². The Balaban J connectivity index is 2.43. The lowest BCUT2D eigenvalue weighted by molar-refractivity contribution is -0.159. The minimum Gasteiger partial charge on any atom is -0.440 e. The Morgan fingerprint density at radius 2 is 2.19 bits per heavy atom. The SMILES string of the molecule is O=C(Nc1ccc(Cl)nc1)OCC(F)(F)F. The number of rotatable bonds is 2. The lowest BCUT2D eigenvalue weighted by Crippen LogP contribution is -2.23. The van der Waals surface area contributed by atoms with Crippen LogP contribution in [0.15, 0.2) is 18.3 Å². The molecular weight excluding hydrogens is 249 g/mol. The average Bonchev–Trinajstić information content (AvgIpc) is 2.18. The molecule has 1 heterocycles. The third kappa shape index (κ3) is 4.83. The molecule has 0 aromatic carbocycles. The molecular formula is C8H6ClF3N2O2. The number of hydrogen-bond donors (Lipinski definition) is 1. The summed E-state index contributed by atoms with van der Waals surface area (Å²) >= 11 is 5.47. The van der Waals surface area contributed by atoms with Crippen molar-refractivity contribution in [3.8, 4) is 0 Å². The van der Waals surface area contributed by atoms with E-state index in [1.165, 1.54) is 18.3 Å². The number of carbonyl (C=O) groups excluding carboxylic acids is 1. The highest BCUT2D eigenvalue weighted by atomic mass is 35.5. The van der Waals surface area contributed by atoms with E-state index in [-0.39, 0.29) is 10.8 Å². The summed E-state index contributed by atoms with van der Waals surface area (Å²) in [6.45, 7) is -1.64. The van der Waals surface area contributed by atoms with Gasteiger partial charge in [-0.25, -0.2) is 9.78 Å². The lowest BCUT2D eigenvalue weighted by atomic mass is 10.4. The van der Waals surface area contributed by atoms with Gasteiger partial charge in [-0.3, -0.25) is 5.32 Å². The van der Waals surface area contributed by atoms with Crippen molar-refractivity contribution < 1.29 is 22.7 Å². The molecule has 1 aromatic heterocycles. The first-order chi connectivity index (χ1) is 7.37. The largest absolute Gasteiger partial charge is 0.440 e. The monoisotopic (exact) mass is 254 g/mol. The Labute approximate surface area is 93.4 Å². The van der Waals surface area contributed by atoms with Crippen LogP contribution in [-0.2, 0) is 4.74 Å². The number of pyridine rings is 1. The number of amides is 1. The van der Waals surface area contributed by atoms with Crippen LogP contribution in [0.5, 0.6) is 0 Å². The maximum atomic E-state index is 11.7. The number of anilines is 1. The molecule has 0 atom stereocenters. The standard InChI is InChI=1S/C8H6ClF3N2O2/c9-6-2-1-5(3-13-6)14-7(15)16-4-8(10,11)12/h1-3H,4H2,(H,14,15). The van der Waals surface area contributed by atoms with Crippen LogP contribution in [0.1, 0.15) is 0 Å². The van der Waals surface area contributed by atoms with Crippen molar-refractivity contribution in [2.45, 2.75) is 6.18 Å². The van der Waals surface area contributed by atoms with E-state index in [1.807, 2.05) is 0 Å². The first-order valence-electron chi connectivity index (χ1n) is 3.99. The fourth-order valence-corrected chi connectivity index (χ4v) is 0.863. The normalized spacial score (nSPS) is 11.0. The highest BCUT2D eigenvalue weighted by molar-refractivity contribution is 6.29. The fraction of sp³-hybridized carbons (Fsp3) is 0.250. The van der Waals surface area contributed by atoms with Gasteiger partial charge in [0.25, 0.3) is 0 Å². The highest BCUT2D eigenvalue weighted by Gasteiger charge is 2.29. The maximum absolute atomic E-state index is 11.7. The van der Waals surface area contributed by atoms with E-state index in [2.05, 4.69) is 15.0 Å². The number of alkyl halides is 3. The van der Waals surface area contributed by atoms with Gasteiger partial charge in [0.05, 0.1) is 11.9 Å². The third-order valence-electron chi connectivity index (χ3n) is 1.34. The third-order valence-corrected chi connectivity index (χ3v) is 1.56. The summed E-state index contributed by atoms with van der Waals surface area (Å²) in [5.74, 6) is 0. The predicted molar refractivity (Wildman–Crippen MR) is 50.3 cm³/mol. The number of carbonyl (C=O) groups is 1. The molecule has 8 heteroatoms. The van der Waals surface area contributed by atoms with E-state index in [0.29, 0.717) is 0 Å². The predicted octanol–water partition coefficient (Wildman–Crippen LogP) is 2.85. The fourth-order valence-electron chi connectivity index (χ4n) is 0.751. The van der Waals surface area contributed by atoms with Crippen LogP contribution in [-0.4, -0.2) is 23.9 Å². The molecule has 1 aromatic rings. The topological polar surface area (TPSA) is 51.2 Å². The van der Waals surface area contributed by atoms with Gasteiger partial charge in [0, 0.05) is 0 Å². The van der Waals surface area contributed by atoms with Crippen LogP contribution in [0.3, 0.4) is 0 Å². The summed E-state index contributed by atoms with van der Waals surface area (Å²) in [5, 5.41) is 2.26. The molecule has 16 heavy (non-hydrogen) atoms. The molecule has 0 aliphatic heterocycles. The van der Waals surface area contributed by atoms with Gasteiger partial charge in [-0.15, -0.1) is 0 Å². The molecule has 4 nitrogen and oxygen atoms in total. The number of ether oxygens (including phenoxy) is 1. The van der Waals surface area contributed by atoms with Gasteiger partial charge in [0.15, 0.2) is 6.61 Å². The van der Waals surface area contributed by atoms with Gasteiger partial charge >= 0.3 is 12.3 Å². The lowest BCUT2D eigenvalue weighted by Gasteiger charge is -2.08. The highest BCUT2D eigenvalue weighted by Crippen LogP contribution is 2.15. The second-order valence-corrected chi connectivity index (χ2v) is 3.07. The van der Waals surface area contributed by atoms with Crippen LogP contribution in [0.25, 0.3) is 0 Å². The molecule has 0 saturated carbocycles. The second kappa shape index (κ2) is 5.02. The summed E-state index contributed by atoms with van der Waals surface area (Å²) in [4.78, 5) is 14.5. The molecule has 0 aliphatic carbocycles. The molecule has 0 fully saturated rings. The van der Waals surface area contributed by atoms with E-state index in [4.69, 9.17) is 11.6 Å². The van der Waals surface area contributed by atoms with E-state index >= 15 is 0 Å². The average molecular weight is 255 g/mol. The van der Waals surface area contributed by atoms with Crippen molar-refractivity contribution >= 4 is 23.4 Å². The Bertz CT molecular complexity index is 367. The number of halogens is 4. The molecule has 0 aliphatic rings. The van der Waals surface area contributed by atoms with Crippen LogP contribution >= 0.6 is 11.6 Å². The van der Waals surface area contributed by atoms with Gasteiger partial charge in [0.2, 0.25) is 0 Å². The molecule has 0 radical (unpaired) electrons. The van der Waals surface area contributed by atoms with Crippen molar-refractivity contribution in [1.82, 2.24) is 4.98 Å². The number of aromatic nitrogens is 1. The van der Waals surface area contributed by atoms with Crippen molar-refractivity contribution in [1.29, 1.82) is 0 Å². The summed E-state index contributed by atoms with van der Waals surface area (Å²) in [6, 6.07) is 2.76. The molecule has 0 spiro atoms. The van der Waals surface area contributed by atoms with E-state index in [1.54, 1.807) is 0 Å². The van der Waals surface area contributed by atoms with E-state index < -0.39 is 18.9 Å². The molecule has 1 rings (SSSR count). The Hall–Kier alpha value is -1.50. The maximum Gasteiger partial charge on any atom is 0.422 e. The number of nitrogens with one attached hydrogen (secondary N) is 1. The molecule has 1 N–H and O–H groups in total. The van der Waals surface area contributed by atoms with Crippen molar-refractivity contribution in [2.24, 2.45) is 0 Å². The first kappa shape index (κ1) is 12.6. The van der Waals surface area contributed by atoms with Crippen LogP contribution in [0.2, 0.25) is 5.15 Å². The smallest absolute Gasteiger partial charge is 0.422 e. The first-order valence-corrected chi connectivity index (χ1v) is 4.37. The minimum atomic E-state index is -4.55. The van der Waals surface area contributed by atoms with Crippen LogP contribution in [0, 0.1) is 0 Å². The Morgan fingerprint density at radius 1 is 1.50 bits per heavy atom. The van der Waals surface area contributed by atoms with Gasteiger partial charge in [-0.1, -0.05) is 11.6 Å². The molecule has 1 amide bonds. The van der Waals surface area contributed by atoms with Crippen LogP contribution < -0.4 is 5.32 Å². The summed E-state index contributed by atoms with van der Waals surface area (Å²) in [7, 11) is 0. The summed E-state index contributed by atoms with van der Waals surface area (Å²) < 4.78 is 38.9. The van der Waals surface area contributed by atoms with Gasteiger partial charge in [-0.05, 0) is 12.1 Å². The molecule has 0 unspecified atom stereocenters. The Kier molecular flexibility index (Phi) is 3.94. The summed E-state index contributed by atoms with van der Waals surface area (Å²) in [5.41, 5.74) is 0.191. The van der Waals surface area contributed by atoms with E-state index in [9.17, 15) is 18.0 Å². The number of nitrogens with zero attached hydrogens (tertiary/aromatic N) is 1. The zero-order chi connectivity index (χ0) is 12.2. The quantitative estimate of drug-likeness (QED) is 0.826. The van der Waals surface area contributed by atoms with E-state index in [0.717, 1.165) is 0 Å². The van der Waals surface area contributed by atoms with Gasteiger partial charge in [-0.2, -0.15) is 13.2 Å².